The highest BCUT2D eigenvalue weighted by Crippen LogP contribution is 2.43. The van der Waals surface area contributed by atoms with E-state index in [0.29, 0.717) is 0 Å². The minimum atomic E-state index is 1.10. The average molecular weight is 739 g/mol. The van der Waals surface area contributed by atoms with Crippen LogP contribution in [0.15, 0.2) is 231 Å². The van der Waals surface area contributed by atoms with Gasteiger partial charge in [-0.1, -0.05) is 176 Å². The summed E-state index contributed by atoms with van der Waals surface area (Å²) in [5, 5.41) is 7.48. The van der Waals surface area contributed by atoms with Crippen molar-refractivity contribution in [1.29, 1.82) is 0 Å². The molecule has 0 aliphatic carbocycles. The molecular weight excluding hydrogens is 701 g/mol. The van der Waals surface area contributed by atoms with E-state index in [2.05, 4.69) is 240 Å². The highest BCUT2D eigenvalue weighted by atomic mass is 15.1. The Hall–Kier alpha value is -7.68. The van der Waals surface area contributed by atoms with Gasteiger partial charge >= 0.3 is 0 Å². The molecule has 0 aliphatic heterocycles. The third kappa shape index (κ3) is 5.82. The monoisotopic (exact) mass is 738 g/mol. The fourth-order valence-corrected chi connectivity index (χ4v) is 8.75. The molecule has 0 saturated carbocycles. The van der Waals surface area contributed by atoms with Gasteiger partial charge in [0.25, 0.3) is 0 Å². The molecule has 0 N–H and O–H groups in total. The normalized spacial score (nSPS) is 11.4. The third-order valence-corrected chi connectivity index (χ3v) is 11.6. The Morgan fingerprint density at radius 1 is 0.276 bits per heavy atom. The summed E-state index contributed by atoms with van der Waals surface area (Å²) in [6.45, 7) is 0. The lowest BCUT2D eigenvalue weighted by Crippen LogP contribution is -2.10. The zero-order valence-corrected chi connectivity index (χ0v) is 31.8. The second-order valence-corrected chi connectivity index (χ2v) is 15.0. The standard InChI is InChI=1S/C56H38N2/c1-2-11-39(12-3-1)40-21-23-41(24-22-40)42-27-33-47(34-28-42)57(55-20-10-14-46-26-25-45-13-4-5-15-50(45)56(46)55)48-35-29-43(30-36-48)44-31-37-49(38-32-44)58-53-18-8-6-16-51(53)52-17-7-9-19-54(52)58/h1-38H. The number of aromatic nitrogens is 1. The van der Waals surface area contributed by atoms with Crippen LogP contribution in [0, 0.1) is 0 Å². The smallest absolute Gasteiger partial charge is 0.0546 e. The van der Waals surface area contributed by atoms with Gasteiger partial charge in [0, 0.05) is 33.2 Å². The summed E-state index contributed by atoms with van der Waals surface area (Å²) < 4.78 is 2.37. The summed E-state index contributed by atoms with van der Waals surface area (Å²) >= 11 is 0. The maximum absolute atomic E-state index is 2.41. The Bertz CT molecular complexity index is 3180. The number of hydrogen-bond acceptors (Lipinski definition) is 1. The van der Waals surface area contributed by atoms with E-state index in [9.17, 15) is 0 Å². The summed E-state index contributed by atoms with van der Waals surface area (Å²) in [5.74, 6) is 0. The van der Waals surface area contributed by atoms with Crippen LogP contribution in [0.5, 0.6) is 0 Å². The zero-order chi connectivity index (χ0) is 38.4. The van der Waals surface area contributed by atoms with E-state index < -0.39 is 0 Å². The predicted octanol–water partition coefficient (Wildman–Crippen LogP) is 15.6. The van der Waals surface area contributed by atoms with Crippen molar-refractivity contribution >= 4 is 60.4 Å². The number of hydrogen-bond donors (Lipinski definition) is 0. The second kappa shape index (κ2) is 14.1. The highest BCUT2D eigenvalue weighted by molar-refractivity contribution is 6.15. The molecule has 0 spiro atoms. The molecule has 2 heteroatoms. The number of fused-ring (bicyclic) bond motifs is 6. The SMILES string of the molecule is c1ccc(-c2ccc(-c3ccc(N(c4ccc(-c5ccc(-n6c7ccccc7c7ccccc76)cc5)cc4)c4cccc5ccc6ccccc6c45)cc3)cc2)cc1. The van der Waals surface area contributed by atoms with Gasteiger partial charge in [-0.25, -0.2) is 0 Å². The van der Waals surface area contributed by atoms with Gasteiger partial charge in [-0.15, -0.1) is 0 Å². The van der Waals surface area contributed by atoms with E-state index in [4.69, 9.17) is 0 Å². The molecular formula is C56H38N2. The van der Waals surface area contributed by atoms with Crippen LogP contribution in [0.4, 0.5) is 17.1 Å². The van der Waals surface area contributed by atoms with Gasteiger partial charge in [0.05, 0.1) is 16.7 Å². The molecule has 11 rings (SSSR count). The fourth-order valence-electron chi connectivity index (χ4n) is 8.75. The van der Waals surface area contributed by atoms with Gasteiger partial charge in [-0.3, -0.25) is 0 Å². The summed E-state index contributed by atoms with van der Waals surface area (Å²) in [6, 6.07) is 83.6. The summed E-state index contributed by atoms with van der Waals surface area (Å²) in [4.78, 5) is 2.41. The minimum Gasteiger partial charge on any atom is -0.310 e. The highest BCUT2D eigenvalue weighted by Gasteiger charge is 2.18. The van der Waals surface area contributed by atoms with E-state index in [-0.39, 0.29) is 0 Å². The van der Waals surface area contributed by atoms with Gasteiger partial charge in [0.15, 0.2) is 0 Å². The molecule has 1 aromatic heterocycles. The number of nitrogens with zero attached hydrogens (tertiary/aromatic N) is 2. The first-order valence-corrected chi connectivity index (χ1v) is 19.9. The molecule has 2 nitrogen and oxygen atoms in total. The number of anilines is 3. The summed E-state index contributed by atoms with van der Waals surface area (Å²) in [6.07, 6.45) is 0. The van der Waals surface area contributed by atoms with E-state index in [1.165, 1.54) is 76.7 Å². The van der Waals surface area contributed by atoms with Crippen molar-refractivity contribution in [3.63, 3.8) is 0 Å². The van der Waals surface area contributed by atoms with Crippen LogP contribution in [-0.4, -0.2) is 4.57 Å². The Morgan fingerprint density at radius 3 is 1.26 bits per heavy atom. The molecule has 0 amide bonds. The molecule has 58 heavy (non-hydrogen) atoms. The molecule has 0 radical (unpaired) electrons. The maximum atomic E-state index is 2.41. The van der Waals surface area contributed by atoms with Gasteiger partial charge in [-0.05, 0) is 104 Å². The summed E-state index contributed by atoms with van der Waals surface area (Å²) in [5.41, 5.74) is 14.1. The molecule has 0 fully saturated rings. The molecule has 11 aromatic rings. The molecule has 0 unspecified atom stereocenters. The van der Waals surface area contributed by atoms with Crippen molar-refractivity contribution < 1.29 is 0 Å². The lowest BCUT2D eigenvalue weighted by molar-refractivity contribution is 1.18. The number of benzene rings is 10. The quantitative estimate of drug-likeness (QED) is 0.148. The van der Waals surface area contributed by atoms with Gasteiger partial charge < -0.3 is 9.47 Å². The average Bonchev–Trinajstić information content (AvgIpc) is 3.64. The van der Waals surface area contributed by atoms with Crippen LogP contribution in [0.1, 0.15) is 0 Å². The van der Waals surface area contributed by atoms with Crippen molar-refractivity contribution in [3.05, 3.63) is 231 Å². The van der Waals surface area contributed by atoms with Gasteiger partial charge in [-0.2, -0.15) is 0 Å². The molecule has 1 heterocycles. The molecule has 10 aromatic carbocycles. The van der Waals surface area contributed by atoms with Crippen LogP contribution in [-0.2, 0) is 0 Å². The molecule has 0 bridgehead atoms. The first-order valence-electron chi connectivity index (χ1n) is 19.9. The Labute approximate surface area is 338 Å². The predicted molar refractivity (Wildman–Crippen MR) is 247 cm³/mol. The van der Waals surface area contributed by atoms with E-state index >= 15 is 0 Å². The topological polar surface area (TPSA) is 8.17 Å². The van der Waals surface area contributed by atoms with Crippen molar-refractivity contribution in [1.82, 2.24) is 4.57 Å². The zero-order valence-electron chi connectivity index (χ0n) is 31.8. The molecule has 272 valence electrons. The van der Waals surface area contributed by atoms with Crippen LogP contribution in [0.25, 0.3) is 82.4 Å². The first-order chi connectivity index (χ1) is 28.8. The summed E-state index contributed by atoms with van der Waals surface area (Å²) in [7, 11) is 0. The van der Waals surface area contributed by atoms with Gasteiger partial charge in [0.2, 0.25) is 0 Å². The lowest BCUT2D eigenvalue weighted by atomic mass is 9.98. The Kier molecular flexibility index (Phi) is 8.19. The van der Waals surface area contributed by atoms with Crippen LogP contribution >= 0.6 is 0 Å². The second-order valence-electron chi connectivity index (χ2n) is 15.0. The van der Waals surface area contributed by atoms with Crippen molar-refractivity contribution in [2.75, 3.05) is 4.90 Å². The number of para-hydroxylation sites is 2. The minimum absolute atomic E-state index is 1.10. The van der Waals surface area contributed by atoms with Crippen molar-refractivity contribution in [2.45, 2.75) is 0 Å². The van der Waals surface area contributed by atoms with Gasteiger partial charge in [0.1, 0.15) is 0 Å². The van der Waals surface area contributed by atoms with Crippen LogP contribution < -0.4 is 4.90 Å². The molecule has 0 aliphatic rings. The van der Waals surface area contributed by atoms with Crippen LogP contribution in [0.3, 0.4) is 0 Å². The molecule has 0 saturated heterocycles. The largest absolute Gasteiger partial charge is 0.310 e. The lowest BCUT2D eigenvalue weighted by Gasteiger charge is -2.28. The number of rotatable bonds is 7. The van der Waals surface area contributed by atoms with Crippen molar-refractivity contribution in [3.8, 4) is 39.1 Å². The maximum Gasteiger partial charge on any atom is 0.0546 e. The van der Waals surface area contributed by atoms with E-state index in [0.717, 1.165) is 22.7 Å². The Balaban J connectivity index is 0.974. The van der Waals surface area contributed by atoms with E-state index in [1.54, 1.807) is 0 Å². The van der Waals surface area contributed by atoms with Crippen molar-refractivity contribution in [2.24, 2.45) is 0 Å². The third-order valence-electron chi connectivity index (χ3n) is 11.6. The van der Waals surface area contributed by atoms with Crippen LogP contribution in [0.2, 0.25) is 0 Å². The first kappa shape index (κ1) is 33.6. The molecule has 0 atom stereocenters. The van der Waals surface area contributed by atoms with E-state index in [1.807, 2.05) is 0 Å². The fraction of sp³-hybridized carbons (Fsp3) is 0. The Morgan fingerprint density at radius 2 is 0.690 bits per heavy atom.